The van der Waals surface area contributed by atoms with Crippen LogP contribution in [0.15, 0.2) is 74.7 Å². The van der Waals surface area contributed by atoms with Crippen LogP contribution in [-0.2, 0) is 6.61 Å². The van der Waals surface area contributed by atoms with Crippen molar-refractivity contribution in [2.24, 2.45) is 5.10 Å². The zero-order valence-corrected chi connectivity index (χ0v) is 20.3. The Hall–Kier alpha value is -3.36. The molecule has 4 rings (SSSR count). The summed E-state index contributed by atoms with van der Waals surface area (Å²) in [6.45, 7) is 2.42. The zero-order valence-electron chi connectivity index (χ0n) is 18.0. The molecule has 0 atom stereocenters. The van der Waals surface area contributed by atoms with Gasteiger partial charge < -0.3 is 13.9 Å². The molecule has 3 aromatic carbocycles. The first kappa shape index (κ1) is 23.8. The van der Waals surface area contributed by atoms with E-state index >= 15 is 0 Å². The maximum Gasteiger partial charge on any atom is 0.307 e. The van der Waals surface area contributed by atoms with Crippen molar-refractivity contribution in [1.29, 1.82) is 0 Å². The molecule has 9 heteroatoms. The Kier molecular flexibility index (Phi) is 7.49. The van der Waals surface area contributed by atoms with Gasteiger partial charge >= 0.3 is 5.91 Å². The van der Waals surface area contributed by atoms with Crippen LogP contribution in [0.2, 0.25) is 5.02 Å². The normalized spacial score (nSPS) is 11.2. The quantitative estimate of drug-likeness (QED) is 0.197. The van der Waals surface area contributed by atoms with Gasteiger partial charge in [-0.2, -0.15) is 5.10 Å². The molecule has 0 aliphatic carbocycles. The highest BCUT2D eigenvalue weighted by Gasteiger charge is 2.14. The molecule has 0 aliphatic heterocycles. The van der Waals surface area contributed by atoms with Gasteiger partial charge in [-0.25, -0.2) is 9.82 Å². The molecule has 174 valence electrons. The first-order valence-corrected chi connectivity index (χ1v) is 11.5. The van der Waals surface area contributed by atoms with Crippen LogP contribution in [0.25, 0.3) is 11.0 Å². The van der Waals surface area contributed by atoms with E-state index in [1.54, 1.807) is 36.4 Å². The molecule has 1 amide bonds. The van der Waals surface area contributed by atoms with Crippen molar-refractivity contribution in [3.8, 4) is 11.5 Å². The van der Waals surface area contributed by atoms with Crippen LogP contribution in [0.4, 0.5) is 4.39 Å². The lowest BCUT2D eigenvalue weighted by Gasteiger charge is -2.14. The second-order valence-corrected chi connectivity index (χ2v) is 8.49. The molecular formula is C25H19BrClFN2O4. The predicted molar refractivity (Wildman–Crippen MR) is 132 cm³/mol. The van der Waals surface area contributed by atoms with E-state index in [4.69, 9.17) is 25.5 Å². The summed E-state index contributed by atoms with van der Waals surface area (Å²) in [7, 11) is 0. The largest absolute Gasteiger partial charge is 0.490 e. The van der Waals surface area contributed by atoms with Gasteiger partial charge in [0.05, 0.1) is 17.8 Å². The minimum absolute atomic E-state index is 0.142. The Labute approximate surface area is 208 Å². The number of hydrazone groups is 1. The highest BCUT2D eigenvalue weighted by atomic mass is 79.9. The fourth-order valence-electron chi connectivity index (χ4n) is 3.15. The summed E-state index contributed by atoms with van der Waals surface area (Å²) in [5.41, 5.74) is 4.42. The van der Waals surface area contributed by atoms with E-state index in [1.165, 1.54) is 18.3 Å². The number of amides is 1. The number of rotatable bonds is 8. The number of fused-ring (bicyclic) bond motifs is 1. The fraction of sp³-hybridized carbons (Fsp3) is 0.120. The van der Waals surface area contributed by atoms with Crippen molar-refractivity contribution in [3.63, 3.8) is 0 Å². The number of hydrogen-bond acceptors (Lipinski definition) is 5. The minimum atomic E-state index is -0.487. The van der Waals surface area contributed by atoms with Crippen molar-refractivity contribution in [2.75, 3.05) is 6.61 Å². The van der Waals surface area contributed by atoms with Gasteiger partial charge in [-0.1, -0.05) is 39.7 Å². The molecule has 0 unspecified atom stereocenters. The number of furan rings is 1. The summed E-state index contributed by atoms with van der Waals surface area (Å²) in [6, 6.07) is 16.4. The average Bonchev–Trinajstić information content (AvgIpc) is 3.23. The number of ether oxygens (including phenoxy) is 2. The molecule has 1 aromatic heterocycles. The summed E-state index contributed by atoms with van der Waals surface area (Å²) < 4.78 is 31.1. The topological polar surface area (TPSA) is 73.1 Å². The molecule has 0 fully saturated rings. The second-order valence-electron chi connectivity index (χ2n) is 7.17. The van der Waals surface area contributed by atoms with Crippen molar-refractivity contribution >= 4 is 50.6 Å². The van der Waals surface area contributed by atoms with Crippen LogP contribution >= 0.6 is 27.5 Å². The lowest BCUT2D eigenvalue weighted by atomic mass is 10.2. The van der Waals surface area contributed by atoms with Gasteiger partial charge in [0.2, 0.25) is 0 Å². The van der Waals surface area contributed by atoms with Gasteiger partial charge in [0.1, 0.15) is 18.0 Å². The van der Waals surface area contributed by atoms with E-state index < -0.39 is 5.91 Å². The maximum atomic E-state index is 13.1. The molecule has 6 nitrogen and oxygen atoms in total. The molecule has 0 saturated carbocycles. The van der Waals surface area contributed by atoms with Crippen molar-refractivity contribution in [1.82, 2.24) is 5.43 Å². The summed E-state index contributed by atoms with van der Waals surface area (Å²) >= 11 is 9.81. The van der Waals surface area contributed by atoms with Crippen LogP contribution in [0.5, 0.6) is 11.5 Å². The first-order chi connectivity index (χ1) is 16.4. The summed E-state index contributed by atoms with van der Waals surface area (Å²) in [6.07, 6.45) is 1.44. The molecule has 0 radical (unpaired) electrons. The summed E-state index contributed by atoms with van der Waals surface area (Å²) in [5.74, 6) is 0.123. The Morgan fingerprint density at radius 1 is 1.15 bits per heavy atom. The van der Waals surface area contributed by atoms with Gasteiger partial charge in [-0.05, 0) is 66.6 Å². The van der Waals surface area contributed by atoms with Gasteiger partial charge in [-0.3, -0.25) is 4.79 Å². The molecule has 1 heterocycles. The zero-order chi connectivity index (χ0) is 24.1. The number of benzene rings is 3. The molecule has 0 saturated heterocycles. The summed E-state index contributed by atoms with van der Waals surface area (Å²) in [4.78, 5) is 12.4. The molecule has 34 heavy (non-hydrogen) atoms. The van der Waals surface area contributed by atoms with Crippen molar-refractivity contribution in [2.45, 2.75) is 13.5 Å². The molecule has 0 aliphatic rings. The van der Waals surface area contributed by atoms with Gasteiger partial charge in [0, 0.05) is 9.86 Å². The van der Waals surface area contributed by atoms with Gasteiger partial charge in [-0.15, -0.1) is 0 Å². The Balaban J connectivity index is 1.46. The SMILES string of the molecule is CCOc1cc(/C=N/NC(=O)c2cc3cc(Br)ccc3o2)cc(Cl)c1OCc1ccc(F)cc1. The highest BCUT2D eigenvalue weighted by molar-refractivity contribution is 9.10. The predicted octanol–water partition coefficient (Wildman–Crippen LogP) is 6.73. The highest BCUT2D eigenvalue weighted by Crippen LogP contribution is 2.37. The monoisotopic (exact) mass is 544 g/mol. The third-order valence-corrected chi connectivity index (χ3v) is 5.48. The molecule has 0 bridgehead atoms. The van der Waals surface area contributed by atoms with E-state index in [9.17, 15) is 9.18 Å². The van der Waals surface area contributed by atoms with Crippen LogP contribution in [-0.4, -0.2) is 18.7 Å². The van der Waals surface area contributed by atoms with E-state index in [0.29, 0.717) is 34.3 Å². The maximum absolute atomic E-state index is 13.1. The minimum Gasteiger partial charge on any atom is -0.490 e. The third-order valence-electron chi connectivity index (χ3n) is 4.71. The Morgan fingerprint density at radius 3 is 2.71 bits per heavy atom. The van der Waals surface area contributed by atoms with Crippen molar-refractivity contribution < 1.29 is 23.1 Å². The second kappa shape index (κ2) is 10.7. The van der Waals surface area contributed by atoms with E-state index in [0.717, 1.165) is 15.4 Å². The molecule has 4 aromatic rings. The number of carbonyl (C=O) groups excluding carboxylic acids is 1. The van der Waals surface area contributed by atoms with E-state index in [1.807, 2.05) is 19.1 Å². The van der Waals surface area contributed by atoms with Gasteiger partial charge in [0.25, 0.3) is 0 Å². The third kappa shape index (κ3) is 5.76. The molecule has 1 N–H and O–H groups in total. The summed E-state index contributed by atoms with van der Waals surface area (Å²) in [5, 5.41) is 5.10. The number of carbonyl (C=O) groups is 1. The van der Waals surface area contributed by atoms with E-state index in [2.05, 4.69) is 26.5 Å². The number of hydrogen-bond donors (Lipinski definition) is 1. The lowest BCUT2D eigenvalue weighted by Crippen LogP contribution is -2.16. The molecular weight excluding hydrogens is 527 g/mol. The fourth-order valence-corrected chi connectivity index (χ4v) is 3.80. The Bertz CT molecular complexity index is 1360. The van der Waals surface area contributed by atoms with Crippen LogP contribution in [0, 0.1) is 5.82 Å². The standard InChI is InChI=1S/C25H19BrClFN2O4/c1-2-32-22-10-16(9-20(27)24(22)33-14-15-3-6-19(28)7-4-15)13-29-30-25(31)23-12-17-11-18(26)5-8-21(17)34-23/h3-13H,2,14H2,1H3,(H,30,31)/b29-13+. The number of nitrogens with zero attached hydrogens (tertiary/aromatic N) is 1. The van der Waals surface area contributed by atoms with Crippen LogP contribution in [0.1, 0.15) is 28.6 Å². The van der Waals surface area contributed by atoms with Crippen LogP contribution in [0.3, 0.4) is 0 Å². The smallest absolute Gasteiger partial charge is 0.307 e. The first-order valence-electron chi connectivity index (χ1n) is 10.3. The average molecular weight is 546 g/mol. The lowest BCUT2D eigenvalue weighted by molar-refractivity contribution is 0.0929. The van der Waals surface area contributed by atoms with E-state index in [-0.39, 0.29) is 18.2 Å². The molecule has 0 spiro atoms. The Morgan fingerprint density at radius 2 is 1.94 bits per heavy atom. The van der Waals surface area contributed by atoms with Gasteiger partial charge in [0.15, 0.2) is 17.3 Å². The van der Waals surface area contributed by atoms with Crippen molar-refractivity contribution in [3.05, 3.63) is 92.9 Å². The van der Waals surface area contributed by atoms with Crippen LogP contribution < -0.4 is 14.9 Å². The number of halogens is 3. The number of nitrogens with one attached hydrogen (secondary N) is 1.